The molecule has 1 N–H and O–H groups in total. The highest BCUT2D eigenvalue weighted by molar-refractivity contribution is 9.10. The Hall–Kier alpha value is -1.06. The number of rotatable bonds is 5. The number of sulfonamides is 1. The Balaban J connectivity index is 2.50. The Morgan fingerprint density at radius 3 is 2.45 bits per heavy atom. The van der Waals surface area contributed by atoms with Gasteiger partial charge in [0.25, 0.3) is 0 Å². The number of carboxylic acids is 1. The summed E-state index contributed by atoms with van der Waals surface area (Å²) in [5.74, 6) is -3.52. The van der Waals surface area contributed by atoms with Crippen LogP contribution in [0, 0.1) is 11.6 Å². The molecular weight excluding hydrogens is 360 g/mol. The van der Waals surface area contributed by atoms with Crippen molar-refractivity contribution in [1.29, 1.82) is 0 Å². The highest BCUT2D eigenvalue weighted by Gasteiger charge is 2.41. The van der Waals surface area contributed by atoms with Gasteiger partial charge in [-0.05, 0) is 34.8 Å². The molecule has 0 unspecified atom stereocenters. The van der Waals surface area contributed by atoms with Crippen LogP contribution in [0.5, 0.6) is 0 Å². The second-order valence-electron chi connectivity index (χ2n) is 4.37. The van der Waals surface area contributed by atoms with E-state index in [1.54, 1.807) is 0 Å². The van der Waals surface area contributed by atoms with Crippen molar-refractivity contribution in [2.75, 3.05) is 6.54 Å². The lowest BCUT2D eigenvalue weighted by atomic mass is 10.3. The fourth-order valence-corrected chi connectivity index (χ4v) is 4.55. The lowest BCUT2D eigenvalue weighted by Crippen LogP contribution is -2.38. The number of aliphatic carboxylic acids is 1. The number of hydrogen-bond acceptors (Lipinski definition) is 3. The topological polar surface area (TPSA) is 74.7 Å². The van der Waals surface area contributed by atoms with Gasteiger partial charge in [-0.3, -0.25) is 4.79 Å². The summed E-state index contributed by atoms with van der Waals surface area (Å²) in [6, 6.07) is 0.818. The van der Waals surface area contributed by atoms with Crippen molar-refractivity contribution >= 4 is 31.9 Å². The molecular formula is C11H10BrF2NO4S. The van der Waals surface area contributed by atoms with Gasteiger partial charge in [-0.1, -0.05) is 0 Å². The molecule has 0 heterocycles. The molecule has 0 amide bonds. The summed E-state index contributed by atoms with van der Waals surface area (Å²) in [7, 11) is -4.35. The molecule has 20 heavy (non-hydrogen) atoms. The minimum absolute atomic E-state index is 0.272. The van der Waals surface area contributed by atoms with Crippen molar-refractivity contribution in [2.45, 2.75) is 23.8 Å². The second-order valence-corrected chi connectivity index (χ2v) is 7.06. The fourth-order valence-electron chi connectivity index (χ4n) is 1.80. The SMILES string of the molecule is O=C(O)CN(C1CC1)S(=O)(=O)c1c(F)cc(F)cc1Br. The largest absolute Gasteiger partial charge is 0.480 e. The number of carbonyl (C=O) groups is 1. The zero-order chi connectivity index (χ0) is 15.1. The molecule has 0 radical (unpaired) electrons. The zero-order valence-electron chi connectivity index (χ0n) is 10.0. The van der Waals surface area contributed by atoms with Gasteiger partial charge in [-0.2, -0.15) is 4.31 Å². The molecule has 2 rings (SSSR count). The minimum atomic E-state index is -4.35. The molecule has 110 valence electrons. The van der Waals surface area contributed by atoms with Crippen LogP contribution in [0.4, 0.5) is 8.78 Å². The van der Waals surface area contributed by atoms with Crippen molar-refractivity contribution in [3.05, 3.63) is 28.2 Å². The number of nitrogens with zero attached hydrogens (tertiary/aromatic N) is 1. The summed E-state index contributed by atoms with van der Waals surface area (Å²) in [4.78, 5) is 10.0. The van der Waals surface area contributed by atoms with Gasteiger partial charge in [-0.15, -0.1) is 0 Å². The van der Waals surface area contributed by atoms with Gasteiger partial charge < -0.3 is 5.11 Å². The van der Waals surface area contributed by atoms with Crippen LogP contribution in [0.3, 0.4) is 0 Å². The predicted octanol–water partition coefficient (Wildman–Crippen LogP) is 1.97. The molecule has 0 aromatic heterocycles. The number of hydrogen-bond donors (Lipinski definition) is 1. The Morgan fingerprint density at radius 2 is 2.00 bits per heavy atom. The molecule has 0 bridgehead atoms. The molecule has 9 heteroatoms. The summed E-state index contributed by atoms with van der Waals surface area (Å²) in [5.41, 5.74) is 0. The first-order valence-corrected chi connectivity index (χ1v) is 7.85. The van der Waals surface area contributed by atoms with Crippen LogP contribution in [0.15, 0.2) is 21.5 Å². The Morgan fingerprint density at radius 1 is 1.40 bits per heavy atom. The minimum Gasteiger partial charge on any atom is -0.480 e. The van der Waals surface area contributed by atoms with E-state index in [9.17, 15) is 22.0 Å². The van der Waals surface area contributed by atoms with E-state index in [2.05, 4.69) is 15.9 Å². The summed E-state index contributed by atoms with van der Waals surface area (Å²) in [6.45, 7) is -0.754. The Kier molecular flexibility index (Phi) is 4.12. The molecule has 1 aromatic rings. The van der Waals surface area contributed by atoms with Gasteiger partial charge in [0.05, 0.1) is 0 Å². The quantitative estimate of drug-likeness (QED) is 0.860. The average molecular weight is 370 g/mol. The van der Waals surface area contributed by atoms with Crippen LogP contribution in [0.25, 0.3) is 0 Å². The highest BCUT2D eigenvalue weighted by Crippen LogP contribution is 2.35. The standard InChI is InChI=1S/C11H10BrF2NO4S/c12-8-3-6(13)4-9(14)11(8)20(18,19)15(5-10(16)17)7-1-2-7/h3-4,7H,1-2,5H2,(H,16,17). The Bertz CT molecular complexity index is 637. The smallest absolute Gasteiger partial charge is 0.318 e. The third-order valence-electron chi connectivity index (χ3n) is 2.77. The van der Waals surface area contributed by atoms with E-state index in [0.29, 0.717) is 18.9 Å². The fraction of sp³-hybridized carbons (Fsp3) is 0.364. The van der Waals surface area contributed by atoms with Crippen LogP contribution in [0.1, 0.15) is 12.8 Å². The molecule has 1 fully saturated rings. The normalized spacial score (nSPS) is 15.6. The summed E-state index contributed by atoms with van der Waals surface area (Å²) in [6.07, 6.45) is 1.04. The molecule has 1 aliphatic carbocycles. The average Bonchev–Trinajstić information content (AvgIpc) is 3.06. The van der Waals surface area contributed by atoms with Gasteiger partial charge >= 0.3 is 5.97 Å². The first kappa shape index (κ1) is 15.3. The first-order valence-electron chi connectivity index (χ1n) is 5.61. The molecule has 1 saturated carbocycles. The van der Waals surface area contributed by atoms with Crippen LogP contribution in [-0.2, 0) is 14.8 Å². The van der Waals surface area contributed by atoms with E-state index in [1.807, 2.05) is 0 Å². The van der Waals surface area contributed by atoms with Crippen molar-refractivity contribution < 1.29 is 27.1 Å². The van der Waals surface area contributed by atoms with E-state index in [0.717, 1.165) is 10.4 Å². The lowest BCUT2D eigenvalue weighted by Gasteiger charge is -2.20. The zero-order valence-corrected chi connectivity index (χ0v) is 12.4. The maximum absolute atomic E-state index is 13.8. The number of benzene rings is 1. The third-order valence-corrected chi connectivity index (χ3v) is 5.64. The van der Waals surface area contributed by atoms with E-state index < -0.39 is 45.1 Å². The summed E-state index contributed by atoms with van der Waals surface area (Å²) < 4.78 is 52.0. The Labute approximate surface area is 122 Å². The van der Waals surface area contributed by atoms with Gasteiger partial charge in [-0.25, -0.2) is 17.2 Å². The van der Waals surface area contributed by atoms with Crippen LogP contribution in [0.2, 0.25) is 0 Å². The van der Waals surface area contributed by atoms with E-state index in [4.69, 9.17) is 5.11 Å². The van der Waals surface area contributed by atoms with Crippen LogP contribution in [-0.4, -0.2) is 36.4 Å². The monoisotopic (exact) mass is 369 g/mol. The summed E-state index contributed by atoms with van der Waals surface area (Å²) in [5, 5.41) is 8.78. The van der Waals surface area contributed by atoms with Gasteiger partial charge in [0.15, 0.2) is 0 Å². The van der Waals surface area contributed by atoms with Crippen molar-refractivity contribution in [3.8, 4) is 0 Å². The third kappa shape index (κ3) is 2.99. The van der Waals surface area contributed by atoms with E-state index in [-0.39, 0.29) is 4.47 Å². The van der Waals surface area contributed by atoms with Crippen molar-refractivity contribution in [2.24, 2.45) is 0 Å². The first-order chi connectivity index (χ1) is 9.23. The van der Waals surface area contributed by atoms with Gasteiger partial charge in [0, 0.05) is 16.6 Å². The molecule has 0 aliphatic heterocycles. The molecule has 5 nitrogen and oxygen atoms in total. The maximum Gasteiger partial charge on any atom is 0.318 e. The second kappa shape index (κ2) is 5.38. The highest BCUT2D eigenvalue weighted by atomic mass is 79.9. The van der Waals surface area contributed by atoms with Crippen molar-refractivity contribution in [1.82, 2.24) is 4.31 Å². The molecule has 0 spiro atoms. The molecule has 1 aromatic carbocycles. The lowest BCUT2D eigenvalue weighted by molar-refractivity contribution is -0.137. The number of carboxylic acid groups (broad SMARTS) is 1. The molecule has 0 saturated heterocycles. The van der Waals surface area contributed by atoms with E-state index >= 15 is 0 Å². The molecule has 1 aliphatic rings. The predicted molar refractivity (Wildman–Crippen MR) is 68.6 cm³/mol. The van der Waals surface area contributed by atoms with Gasteiger partial charge in [0.2, 0.25) is 10.0 Å². The van der Waals surface area contributed by atoms with Crippen molar-refractivity contribution in [3.63, 3.8) is 0 Å². The van der Waals surface area contributed by atoms with Gasteiger partial charge in [0.1, 0.15) is 23.1 Å². The number of halogens is 3. The molecule has 0 atom stereocenters. The van der Waals surface area contributed by atoms with Crippen LogP contribution >= 0.6 is 15.9 Å². The summed E-state index contributed by atoms with van der Waals surface area (Å²) >= 11 is 2.80. The maximum atomic E-state index is 13.8. The van der Waals surface area contributed by atoms with E-state index in [1.165, 1.54) is 0 Å². The van der Waals surface area contributed by atoms with Crippen LogP contribution < -0.4 is 0 Å².